The van der Waals surface area contributed by atoms with Crippen LogP contribution in [0.4, 0.5) is 10.3 Å². The van der Waals surface area contributed by atoms with E-state index in [-0.39, 0.29) is 18.3 Å². The zero-order chi connectivity index (χ0) is 11.9. The molecule has 0 saturated heterocycles. The average molecular weight is 334 g/mol. The number of rotatable bonds is 2. The maximum atomic E-state index is 13.4. The summed E-state index contributed by atoms with van der Waals surface area (Å²) >= 11 is 1.86. The number of amides is 1. The van der Waals surface area contributed by atoms with Crippen LogP contribution >= 0.6 is 22.6 Å². The number of primary amides is 1. The van der Waals surface area contributed by atoms with Gasteiger partial charge in [-0.25, -0.2) is 9.37 Å². The van der Waals surface area contributed by atoms with Gasteiger partial charge in [-0.15, -0.1) is 0 Å². The monoisotopic (exact) mass is 334 g/mol. The summed E-state index contributed by atoms with van der Waals surface area (Å²) in [4.78, 5) is 14.9. The van der Waals surface area contributed by atoms with E-state index < -0.39 is 5.91 Å². The molecule has 0 bridgehead atoms. The SMILES string of the molecule is NC(=O)Cn1c(N)nc2cc(I)c(F)cc21. The van der Waals surface area contributed by atoms with Gasteiger partial charge in [-0.2, -0.15) is 0 Å². The molecule has 1 aromatic carbocycles. The number of anilines is 1. The average Bonchev–Trinajstić information content (AvgIpc) is 2.45. The number of nitrogen functional groups attached to an aromatic ring is 1. The predicted molar refractivity (Wildman–Crippen MR) is 66.0 cm³/mol. The zero-order valence-electron chi connectivity index (χ0n) is 8.08. The molecule has 4 N–H and O–H groups in total. The second-order valence-corrected chi connectivity index (χ2v) is 4.44. The summed E-state index contributed by atoms with van der Waals surface area (Å²) in [5.74, 6) is -0.779. The Labute approximate surface area is 104 Å². The molecule has 0 saturated carbocycles. The molecule has 0 atom stereocenters. The Morgan fingerprint density at radius 1 is 1.56 bits per heavy atom. The number of carbonyl (C=O) groups is 1. The highest BCUT2D eigenvalue weighted by Gasteiger charge is 2.12. The number of aromatic nitrogens is 2. The third-order valence-corrected chi connectivity index (χ3v) is 2.96. The van der Waals surface area contributed by atoms with Crippen molar-refractivity contribution < 1.29 is 9.18 Å². The first-order valence-corrected chi connectivity index (χ1v) is 5.46. The quantitative estimate of drug-likeness (QED) is 0.798. The van der Waals surface area contributed by atoms with Crippen molar-refractivity contribution in [2.45, 2.75) is 6.54 Å². The Morgan fingerprint density at radius 2 is 2.25 bits per heavy atom. The van der Waals surface area contributed by atoms with Gasteiger partial charge in [0, 0.05) is 6.07 Å². The molecule has 1 aromatic heterocycles. The number of hydrogen-bond donors (Lipinski definition) is 2. The van der Waals surface area contributed by atoms with Crippen molar-refractivity contribution >= 4 is 45.5 Å². The van der Waals surface area contributed by atoms with Crippen LogP contribution in [0.1, 0.15) is 0 Å². The number of halogens is 2. The molecule has 0 unspecified atom stereocenters. The summed E-state index contributed by atoms with van der Waals surface area (Å²) in [5.41, 5.74) is 11.7. The van der Waals surface area contributed by atoms with Crippen LogP contribution in [0.5, 0.6) is 0 Å². The maximum absolute atomic E-state index is 13.4. The van der Waals surface area contributed by atoms with Gasteiger partial charge in [0.2, 0.25) is 11.9 Å². The van der Waals surface area contributed by atoms with E-state index in [0.717, 1.165) is 0 Å². The summed E-state index contributed by atoms with van der Waals surface area (Å²) in [5, 5.41) is 0. The topological polar surface area (TPSA) is 86.9 Å². The lowest BCUT2D eigenvalue weighted by atomic mass is 10.3. The molecular weight excluding hydrogens is 326 g/mol. The molecular formula is C9H8FIN4O. The van der Waals surface area contributed by atoms with Crippen LogP contribution in [0.25, 0.3) is 11.0 Å². The van der Waals surface area contributed by atoms with Crippen LogP contribution in [0.15, 0.2) is 12.1 Å². The fourth-order valence-corrected chi connectivity index (χ4v) is 1.91. The predicted octanol–water partition coefficient (Wildman–Crippen LogP) is 0.847. The molecule has 7 heteroatoms. The molecule has 1 heterocycles. The van der Waals surface area contributed by atoms with Crippen molar-refractivity contribution in [1.29, 1.82) is 0 Å². The lowest BCUT2D eigenvalue weighted by molar-refractivity contribution is -0.118. The molecule has 1 amide bonds. The molecule has 0 spiro atoms. The zero-order valence-corrected chi connectivity index (χ0v) is 10.2. The highest BCUT2D eigenvalue weighted by Crippen LogP contribution is 2.22. The van der Waals surface area contributed by atoms with Crippen LogP contribution in [0.2, 0.25) is 0 Å². The highest BCUT2D eigenvalue weighted by molar-refractivity contribution is 14.1. The Bertz CT molecular complexity index is 580. The Kier molecular flexibility index (Phi) is 2.70. The van der Waals surface area contributed by atoms with E-state index >= 15 is 0 Å². The highest BCUT2D eigenvalue weighted by atomic mass is 127. The van der Waals surface area contributed by atoms with Crippen LogP contribution in [-0.4, -0.2) is 15.5 Å². The van der Waals surface area contributed by atoms with E-state index in [0.29, 0.717) is 14.6 Å². The van der Waals surface area contributed by atoms with Crippen molar-refractivity contribution in [3.63, 3.8) is 0 Å². The van der Waals surface area contributed by atoms with Crippen LogP contribution < -0.4 is 11.5 Å². The van der Waals surface area contributed by atoms with Crippen molar-refractivity contribution in [2.75, 3.05) is 5.73 Å². The Morgan fingerprint density at radius 3 is 2.88 bits per heavy atom. The van der Waals surface area contributed by atoms with E-state index in [1.807, 2.05) is 22.6 Å². The van der Waals surface area contributed by atoms with Crippen LogP contribution in [0.3, 0.4) is 0 Å². The lowest BCUT2D eigenvalue weighted by Gasteiger charge is -2.03. The third kappa shape index (κ3) is 1.82. The summed E-state index contributed by atoms with van der Waals surface area (Å²) in [7, 11) is 0. The first-order valence-electron chi connectivity index (χ1n) is 4.38. The van der Waals surface area contributed by atoms with Gasteiger partial charge in [-0.05, 0) is 28.7 Å². The standard InChI is InChI=1S/C9H8FIN4O/c10-4-1-7-6(2-5(4)11)14-9(13)15(7)3-8(12)16/h1-2H,3H2,(H2,12,16)(H2,13,14). The van der Waals surface area contributed by atoms with Crippen molar-refractivity contribution in [3.8, 4) is 0 Å². The van der Waals surface area contributed by atoms with Gasteiger partial charge in [0.05, 0.1) is 14.6 Å². The second-order valence-electron chi connectivity index (χ2n) is 3.28. The summed E-state index contributed by atoms with van der Waals surface area (Å²) in [6, 6.07) is 2.86. The lowest BCUT2D eigenvalue weighted by Crippen LogP contribution is -2.19. The summed E-state index contributed by atoms with van der Waals surface area (Å²) in [6.45, 7) is -0.109. The fourth-order valence-electron chi connectivity index (χ4n) is 1.46. The van der Waals surface area contributed by atoms with Crippen molar-refractivity contribution in [3.05, 3.63) is 21.5 Å². The van der Waals surface area contributed by atoms with E-state index in [4.69, 9.17) is 11.5 Å². The fraction of sp³-hybridized carbons (Fsp3) is 0.111. The van der Waals surface area contributed by atoms with Gasteiger partial charge in [0.1, 0.15) is 12.4 Å². The first-order chi connectivity index (χ1) is 7.49. The van der Waals surface area contributed by atoms with Gasteiger partial charge in [-0.3, -0.25) is 4.79 Å². The van der Waals surface area contributed by atoms with Crippen molar-refractivity contribution in [1.82, 2.24) is 9.55 Å². The molecule has 0 fully saturated rings. The molecule has 0 aliphatic heterocycles. The number of imidazole rings is 1. The molecule has 5 nitrogen and oxygen atoms in total. The molecule has 84 valence electrons. The minimum atomic E-state index is -0.551. The van der Waals surface area contributed by atoms with Crippen LogP contribution in [0, 0.1) is 9.39 Å². The number of fused-ring (bicyclic) bond motifs is 1. The van der Waals surface area contributed by atoms with Crippen molar-refractivity contribution in [2.24, 2.45) is 5.73 Å². The molecule has 2 rings (SSSR count). The van der Waals surface area contributed by atoms with Crippen LogP contribution in [-0.2, 0) is 11.3 Å². The Balaban J connectivity index is 2.68. The summed E-state index contributed by atoms with van der Waals surface area (Å²) < 4.78 is 15.2. The smallest absolute Gasteiger partial charge is 0.237 e. The molecule has 0 aliphatic carbocycles. The van der Waals surface area contributed by atoms with Gasteiger partial charge < -0.3 is 16.0 Å². The van der Waals surface area contributed by atoms with E-state index in [9.17, 15) is 9.18 Å². The first kappa shape index (κ1) is 11.1. The van der Waals surface area contributed by atoms with Gasteiger partial charge in [0.15, 0.2) is 0 Å². The molecule has 2 aromatic rings. The minimum Gasteiger partial charge on any atom is -0.369 e. The Hall–Kier alpha value is -1.38. The van der Waals surface area contributed by atoms with E-state index in [2.05, 4.69) is 4.98 Å². The minimum absolute atomic E-state index is 0.109. The molecule has 0 radical (unpaired) electrons. The van der Waals surface area contributed by atoms with E-state index in [1.54, 1.807) is 6.07 Å². The maximum Gasteiger partial charge on any atom is 0.237 e. The van der Waals surface area contributed by atoms with E-state index in [1.165, 1.54) is 10.6 Å². The number of hydrogen-bond acceptors (Lipinski definition) is 3. The van der Waals surface area contributed by atoms with Gasteiger partial charge in [0.25, 0.3) is 0 Å². The largest absolute Gasteiger partial charge is 0.369 e. The number of nitrogens with two attached hydrogens (primary N) is 2. The molecule has 16 heavy (non-hydrogen) atoms. The number of carbonyl (C=O) groups excluding carboxylic acids is 1. The normalized spacial score (nSPS) is 10.9. The number of benzene rings is 1. The third-order valence-electron chi connectivity index (χ3n) is 2.13. The van der Waals surface area contributed by atoms with Gasteiger partial charge in [-0.1, -0.05) is 0 Å². The van der Waals surface area contributed by atoms with Gasteiger partial charge >= 0.3 is 0 Å². The number of nitrogens with zero attached hydrogens (tertiary/aromatic N) is 2. The summed E-state index contributed by atoms with van der Waals surface area (Å²) in [6.07, 6.45) is 0. The molecule has 0 aliphatic rings. The second kappa shape index (κ2) is 3.89.